The lowest BCUT2D eigenvalue weighted by atomic mass is 10.1. The van der Waals surface area contributed by atoms with Crippen LogP contribution in [0.2, 0.25) is 0 Å². The lowest BCUT2D eigenvalue weighted by molar-refractivity contribution is 0.0283. The second kappa shape index (κ2) is 6.27. The number of rotatable bonds is 5. The van der Waals surface area contributed by atoms with E-state index in [4.69, 9.17) is 4.74 Å². The molecule has 2 aromatic heterocycles. The molecule has 0 bridgehead atoms. The highest BCUT2D eigenvalue weighted by Crippen LogP contribution is 2.45. The van der Waals surface area contributed by atoms with Crippen molar-refractivity contribution in [2.75, 3.05) is 39.4 Å². The van der Waals surface area contributed by atoms with Gasteiger partial charge in [0, 0.05) is 49.4 Å². The summed E-state index contributed by atoms with van der Waals surface area (Å²) in [4.78, 5) is 31.9. The molecule has 7 nitrogen and oxygen atoms in total. The number of fused-ring (bicyclic) bond motifs is 1. The SMILES string of the molecule is O=C(NCC1(CN2CCOCC2)CC1)c1cnc2sccn2c1=O. The fourth-order valence-corrected chi connectivity index (χ4v) is 3.82. The number of nitrogens with one attached hydrogen (secondary N) is 1. The van der Waals surface area contributed by atoms with Crippen molar-refractivity contribution in [3.05, 3.63) is 33.7 Å². The quantitative estimate of drug-likeness (QED) is 0.856. The maximum Gasteiger partial charge on any atom is 0.271 e. The third kappa shape index (κ3) is 3.09. The van der Waals surface area contributed by atoms with Gasteiger partial charge >= 0.3 is 0 Å². The number of thiazole rings is 1. The van der Waals surface area contributed by atoms with E-state index in [2.05, 4.69) is 15.2 Å². The van der Waals surface area contributed by atoms with Gasteiger partial charge in [-0.15, -0.1) is 11.3 Å². The molecule has 0 spiro atoms. The molecule has 1 aliphatic heterocycles. The van der Waals surface area contributed by atoms with Gasteiger partial charge in [0.1, 0.15) is 5.56 Å². The Kier molecular flexibility index (Phi) is 4.11. The molecule has 1 saturated heterocycles. The van der Waals surface area contributed by atoms with E-state index in [1.807, 2.05) is 0 Å². The van der Waals surface area contributed by atoms with Crippen LogP contribution in [0.4, 0.5) is 0 Å². The molecule has 2 aromatic rings. The summed E-state index contributed by atoms with van der Waals surface area (Å²) in [6.45, 7) is 5.06. The highest BCUT2D eigenvalue weighted by atomic mass is 32.1. The molecule has 8 heteroatoms. The minimum Gasteiger partial charge on any atom is -0.379 e. The molecular formula is C16H20N4O3S. The summed E-state index contributed by atoms with van der Waals surface area (Å²) in [6.07, 6.45) is 5.26. The van der Waals surface area contributed by atoms with E-state index < -0.39 is 0 Å². The van der Waals surface area contributed by atoms with E-state index in [-0.39, 0.29) is 22.4 Å². The third-order valence-corrected chi connectivity index (χ3v) is 5.60. The minimum atomic E-state index is -0.332. The Labute approximate surface area is 143 Å². The van der Waals surface area contributed by atoms with Gasteiger partial charge in [0.05, 0.1) is 13.2 Å². The molecular weight excluding hydrogens is 328 g/mol. The number of nitrogens with zero attached hydrogens (tertiary/aromatic N) is 3. The zero-order chi connectivity index (χ0) is 16.6. The lowest BCUT2D eigenvalue weighted by Gasteiger charge is -2.30. The summed E-state index contributed by atoms with van der Waals surface area (Å²) in [5, 5.41) is 4.73. The molecule has 1 aliphatic carbocycles. The molecule has 0 atom stereocenters. The molecule has 24 heavy (non-hydrogen) atoms. The second-order valence-corrected chi connectivity index (χ2v) is 7.48. The minimum absolute atomic E-state index is 0.105. The van der Waals surface area contributed by atoms with Gasteiger partial charge in [-0.3, -0.25) is 18.9 Å². The van der Waals surface area contributed by atoms with E-state index >= 15 is 0 Å². The number of carbonyl (C=O) groups excluding carboxylic acids is 1. The number of aromatic nitrogens is 2. The van der Waals surface area contributed by atoms with Crippen molar-refractivity contribution in [3.63, 3.8) is 0 Å². The van der Waals surface area contributed by atoms with Gasteiger partial charge < -0.3 is 10.1 Å². The number of ether oxygens (including phenoxy) is 1. The Balaban J connectivity index is 1.40. The Morgan fingerprint density at radius 1 is 1.38 bits per heavy atom. The highest BCUT2D eigenvalue weighted by Gasteiger charge is 2.44. The Morgan fingerprint density at radius 3 is 2.92 bits per heavy atom. The van der Waals surface area contributed by atoms with Crippen molar-refractivity contribution in [2.24, 2.45) is 5.41 Å². The predicted molar refractivity (Wildman–Crippen MR) is 90.6 cm³/mol. The molecule has 1 saturated carbocycles. The van der Waals surface area contributed by atoms with Crippen LogP contribution in [0.15, 0.2) is 22.6 Å². The summed E-state index contributed by atoms with van der Waals surface area (Å²) in [6, 6.07) is 0. The molecule has 0 aromatic carbocycles. The molecule has 0 radical (unpaired) electrons. The van der Waals surface area contributed by atoms with Crippen molar-refractivity contribution < 1.29 is 9.53 Å². The van der Waals surface area contributed by atoms with Crippen LogP contribution in [0.5, 0.6) is 0 Å². The van der Waals surface area contributed by atoms with Crippen molar-refractivity contribution in [1.29, 1.82) is 0 Å². The first-order chi connectivity index (χ1) is 11.7. The van der Waals surface area contributed by atoms with Gasteiger partial charge in [0.15, 0.2) is 4.96 Å². The summed E-state index contributed by atoms with van der Waals surface area (Å²) in [5.74, 6) is -0.332. The van der Waals surface area contributed by atoms with Gasteiger partial charge in [-0.1, -0.05) is 0 Å². The first-order valence-corrected chi connectivity index (χ1v) is 9.08. The van der Waals surface area contributed by atoms with E-state index in [1.165, 1.54) is 21.9 Å². The van der Waals surface area contributed by atoms with Crippen LogP contribution in [0.1, 0.15) is 23.2 Å². The normalized spacial score (nSPS) is 20.2. The Bertz CT molecular complexity index is 805. The number of morpholine rings is 1. The first-order valence-electron chi connectivity index (χ1n) is 8.20. The topological polar surface area (TPSA) is 75.9 Å². The van der Waals surface area contributed by atoms with Crippen molar-refractivity contribution in [2.45, 2.75) is 12.8 Å². The van der Waals surface area contributed by atoms with Crippen LogP contribution in [0, 0.1) is 5.41 Å². The van der Waals surface area contributed by atoms with Crippen LogP contribution in [0.3, 0.4) is 0 Å². The average molecular weight is 348 g/mol. The zero-order valence-electron chi connectivity index (χ0n) is 13.4. The summed E-state index contributed by atoms with van der Waals surface area (Å²) in [7, 11) is 0. The fraction of sp³-hybridized carbons (Fsp3) is 0.562. The van der Waals surface area contributed by atoms with Gasteiger partial charge in [0.25, 0.3) is 11.5 Å². The van der Waals surface area contributed by atoms with Crippen molar-refractivity contribution >= 4 is 22.2 Å². The summed E-state index contributed by atoms with van der Waals surface area (Å²) in [5.41, 5.74) is -0.0480. The van der Waals surface area contributed by atoms with Crippen molar-refractivity contribution in [1.82, 2.24) is 19.6 Å². The van der Waals surface area contributed by atoms with Gasteiger partial charge in [-0.05, 0) is 12.8 Å². The maximum atomic E-state index is 12.4. The van der Waals surface area contributed by atoms with Crippen LogP contribution in [-0.4, -0.2) is 59.6 Å². The average Bonchev–Trinajstić information content (AvgIpc) is 3.18. The van der Waals surface area contributed by atoms with Crippen LogP contribution < -0.4 is 10.9 Å². The molecule has 2 fully saturated rings. The molecule has 1 N–H and O–H groups in total. The van der Waals surface area contributed by atoms with E-state index in [0.29, 0.717) is 11.5 Å². The van der Waals surface area contributed by atoms with E-state index in [0.717, 1.165) is 45.7 Å². The first kappa shape index (κ1) is 15.7. The number of hydrogen-bond acceptors (Lipinski definition) is 6. The highest BCUT2D eigenvalue weighted by molar-refractivity contribution is 7.15. The third-order valence-electron chi connectivity index (χ3n) is 4.83. The predicted octanol–water partition coefficient (Wildman–Crippen LogP) is 0.598. The van der Waals surface area contributed by atoms with E-state index in [9.17, 15) is 9.59 Å². The molecule has 128 valence electrons. The van der Waals surface area contributed by atoms with Crippen LogP contribution in [-0.2, 0) is 4.74 Å². The second-order valence-electron chi connectivity index (χ2n) is 6.60. The Morgan fingerprint density at radius 2 is 2.17 bits per heavy atom. The molecule has 4 rings (SSSR count). The zero-order valence-corrected chi connectivity index (χ0v) is 14.2. The standard InChI is InChI=1S/C16H20N4O3S/c21-13(12-9-17-15-20(14(12)22)5-8-24-15)18-10-16(1-2-16)11-19-3-6-23-7-4-19/h5,8-9H,1-4,6-7,10-11H2,(H,18,21). The smallest absolute Gasteiger partial charge is 0.271 e. The molecule has 2 aliphatic rings. The van der Waals surface area contributed by atoms with Gasteiger partial charge in [0.2, 0.25) is 0 Å². The Hall–Kier alpha value is -1.77. The van der Waals surface area contributed by atoms with Crippen molar-refractivity contribution in [3.8, 4) is 0 Å². The van der Waals surface area contributed by atoms with Crippen LogP contribution >= 0.6 is 11.3 Å². The maximum absolute atomic E-state index is 12.4. The van der Waals surface area contributed by atoms with Crippen LogP contribution in [0.25, 0.3) is 4.96 Å². The molecule has 0 unspecified atom stereocenters. The summed E-state index contributed by atoms with van der Waals surface area (Å²) >= 11 is 1.37. The molecule has 1 amide bonds. The number of amides is 1. The summed E-state index contributed by atoms with van der Waals surface area (Å²) < 4.78 is 6.79. The largest absolute Gasteiger partial charge is 0.379 e. The molecule has 3 heterocycles. The number of carbonyl (C=O) groups is 1. The van der Waals surface area contributed by atoms with Gasteiger partial charge in [-0.25, -0.2) is 4.98 Å². The lowest BCUT2D eigenvalue weighted by Crippen LogP contribution is -2.43. The van der Waals surface area contributed by atoms with Gasteiger partial charge in [-0.2, -0.15) is 0 Å². The monoisotopic (exact) mass is 348 g/mol. The fourth-order valence-electron chi connectivity index (χ4n) is 3.14. The number of hydrogen-bond donors (Lipinski definition) is 1. The van der Waals surface area contributed by atoms with E-state index in [1.54, 1.807) is 11.6 Å².